The third kappa shape index (κ3) is 3.37. The second kappa shape index (κ2) is 6.65. The molecule has 108 valence electrons. The number of methoxy groups -OCH3 is 1. The first-order valence-corrected chi connectivity index (χ1v) is 7.67. The minimum atomic E-state index is 0.677. The van der Waals surface area contributed by atoms with Gasteiger partial charge in [-0.15, -0.1) is 0 Å². The first-order chi connectivity index (χ1) is 10.4. The number of anilines is 1. The molecule has 0 bridgehead atoms. The molecule has 3 rings (SSSR count). The Morgan fingerprint density at radius 2 is 2.10 bits per heavy atom. The fourth-order valence-corrected chi connectivity index (χ4v) is 3.14. The highest BCUT2D eigenvalue weighted by Crippen LogP contribution is 2.29. The van der Waals surface area contributed by atoms with Gasteiger partial charge >= 0.3 is 0 Å². The maximum absolute atomic E-state index is 5.23. The van der Waals surface area contributed by atoms with Crippen LogP contribution in [-0.4, -0.2) is 30.2 Å². The van der Waals surface area contributed by atoms with Crippen LogP contribution in [0.15, 0.2) is 48.8 Å². The molecule has 21 heavy (non-hydrogen) atoms. The van der Waals surface area contributed by atoms with Crippen molar-refractivity contribution in [3.05, 3.63) is 54.4 Å². The average Bonchev–Trinajstić information content (AvgIpc) is 2.96. The molecule has 0 radical (unpaired) electrons. The second-order valence-corrected chi connectivity index (χ2v) is 5.75. The van der Waals surface area contributed by atoms with Crippen LogP contribution >= 0.6 is 11.3 Å². The fourth-order valence-electron chi connectivity index (χ4n) is 2.15. The number of fused-ring (bicyclic) bond motifs is 1. The number of aromatic nitrogens is 2. The van der Waals surface area contributed by atoms with Gasteiger partial charge in [0, 0.05) is 32.6 Å². The van der Waals surface area contributed by atoms with Gasteiger partial charge in [-0.25, -0.2) is 4.98 Å². The van der Waals surface area contributed by atoms with Crippen LogP contribution in [0.4, 0.5) is 5.13 Å². The normalized spacial score (nSPS) is 10.9. The number of para-hydroxylation sites is 1. The maximum atomic E-state index is 5.23. The topological polar surface area (TPSA) is 38.2 Å². The Hall–Kier alpha value is -1.98. The second-order valence-electron chi connectivity index (χ2n) is 4.74. The molecule has 4 nitrogen and oxygen atoms in total. The van der Waals surface area contributed by atoms with Crippen molar-refractivity contribution < 1.29 is 4.74 Å². The van der Waals surface area contributed by atoms with E-state index < -0.39 is 0 Å². The minimum absolute atomic E-state index is 0.677. The summed E-state index contributed by atoms with van der Waals surface area (Å²) >= 11 is 1.71. The lowest BCUT2D eigenvalue weighted by atomic mass is 10.3. The lowest BCUT2D eigenvalue weighted by molar-refractivity contribution is 0.205. The summed E-state index contributed by atoms with van der Waals surface area (Å²) in [7, 11) is 1.72. The van der Waals surface area contributed by atoms with Crippen molar-refractivity contribution in [3.63, 3.8) is 0 Å². The number of hydrogen-bond acceptors (Lipinski definition) is 5. The molecular weight excluding hydrogens is 282 g/mol. The number of thiazole rings is 1. The van der Waals surface area contributed by atoms with Crippen LogP contribution in [-0.2, 0) is 11.3 Å². The molecule has 0 amide bonds. The van der Waals surface area contributed by atoms with E-state index in [2.05, 4.69) is 22.0 Å². The lowest BCUT2D eigenvalue weighted by Gasteiger charge is -2.21. The van der Waals surface area contributed by atoms with Crippen LogP contribution in [0.2, 0.25) is 0 Å². The van der Waals surface area contributed by atoms with E-state index in [1.165, 1.54) is 10.3 Å². The summed E-state index contributed by atoms with van der Waals surface area (Å²) in [5, 5.41) is 1.03. The van der Waals surface area contributed by atoms with Gasteiger partial charge in [0.05, 0.1) is 16.8 Å². The highest BCUT2D eigenvalue weighted by molar-refractivity contribution is 7.22. The first kappa shape index (κ1) is 14.0. The van der Waals surface area contributed by atoms with Gasteiger partial charge in [-0.2, -0.15) is 0 Å². The highest BCUT2D eigenvalue weighted by Gasteiger charge is 2.12. The van der Waals surface area contributed by atoms with E-state index in [0.717, 1.165) is 23.7 Å². The number of pyridine rings is 1. The van der Waals surface area contributed by atoms with Crippen LogP contribution in [0, 0.1) is 0 Å². The molecule has 5 heteroatoms. The minimum Gasteiger partial charge on any atom is -0.383 e. The molecule has 0 aliphatic carbocycles. The van der Waals surface area contributed by atoms with Crippen molar-refractivity contribution in [2.75, 3.05) is 25.2 Å². The number of rotatable bonds is 6. The van der Waals surface area contributed by atoms with E-state index in [0.29, 0.717) is 6.61 Å². The number of nitrogens with zero attached hydrogens (tertiary/aromatic N) is 3. The molecule has 2 heterocycles. The zero-order valence-corrected chi connectivity index (χ0v) is 12.7. The third-order valence-electron chi connectivity index (χ3n) is 3.21. The molecule has 0 saturated carbocycles. The van der Waals surface area contributed by atoms with Crippen LogP contribution in [0.1, 0.15) is 5.56 Å². The Morgan fingerprint density at radius 1 is 1.19 bits per heavy atom. The van der Waals surface area contributed by atoms with E-state index in [1.54, 1.807) is 24.6 Å². The van der Waals surface area contributed by atoms with Gasteiger partial charge in [-0.3, -0.25) is 4.98 Å². The van der Waals surface area contributed by atoms with Gasteiger partial charge in [0.15, 0.2) is 5.13 Å². The van der Waals surface area contributed by atoms with Crippen molar-refractivity contribution in [3.8, 4) is 0 Å². The van der Waals surface area contributed by atoms with Crippen molar-refractivity contribution in [2.24, 2.45) is 0 Å². The number of ether oxygens (including phenoxy) is 1. The van der Waals surface area contributed by atoms with Gasteiger partial charge in [-0.1, -0.05) is 29.5 Å². The Bertz CT molecular complexity index is 666. The van der Waals surface area contributed by atoms with Gasteiger partial charge in [-0.05, 0) is 23.8 Å². The number of benzene rings is 1. The van der Waals surface area contributed by atoms with E-state index in [-0.39, 0.29) is 0 Å². The Kier molecular flexibility index (Phi) is 4.43. The van der Waals surface area contributed by atoms with Crippen LogP contribution in [0.3, 0.4) is 0 Å². The Morgan fingerprint density at radius 3 is 2.86 bits per heavy atom. The average molecular weight is 299 g/mol. The molecule has 0 aliphatic heterocycles. The largest absolute Gasteiger partial charge is 0.383 e. The standard InChI is InChI=1S/C16H17N3OS/c1-20-10-9-19(12-13-5-4-8-17-11-13)16-18-14-6-2-3-7-15(14)21-16/h2-8,11H,9-10,12H2,1H3. The summed E-state index contributed by atoms with van der Waals surface area (Å²) in [6, 6.07) is 12.3. The van der Waals surface area contributed by atoms with Crippen LogP contribution in [0.25, 0.3) is 10.2 Å². The Labute approximate surface area is 128 Å². The predicted molar refractivity (Wildman–Crippen MR) is 86.8 cm³/mol. The summed E-state index contributed by atoms with van der Waals surface area (Å²) in [5.74, 6) is 0. The van der Waals surface area contributed by atoms with Crippen molar-refractivity contribution >= 4 is 26.7 Å². The molecule has 0 atom stereocenters. The zero-order chi connectivity index (χ0) is 14.5. The van der Waals surface area contributed by atoms with Crippen molar-refractivity contribution in [1.29, 1.82) is 0 Å². The fraction of sp³-hybridized carbons (Fsp3) is 0.250. The summed E-state index contributed by atoms with van der Waals surface area (Å²) in [6.07, 6.45) is 3.69. The molecular formula is C16H17N3OS. The molecule has 3 aromatic rings. The van der Waals surface area contributed by atoms with Crippen LogP contribution in [0.5, 0.6) is 0 Å². The van der Waals surface area contributed by atoms with E-state index in [1.807, 2.05) is 30.5 Å². The summed E-state index contributed by atoms with van der Waals surface area (Å²) in [4.78, 5) is 11.2. The molecule has 0 fully saturated rings. The van der Waals surface area contributed by atoms with Crippen molar-refractivity contribution in [2.45, 2.75) is 6.54 Å². The molecule has 0 unspecified atom stereocenters. The molecule has 0 saturated heterocycles. The van der Waals surface area contributed by atoms with Gasteiger partial charge < -0.3 is 9.64 Å². The summed E-state index contributed by atoms with van der Waals surface area (Å²) in [6.45, 7) is 2.28. The predicted octanol–water partition coefficient (Wildman–Crippen LogP) is 3.34. The van der Waals surface area contributed by atoms with E-state index >= 15 is 0 Å². The molecule has 2 aromatic heterocycles. The van der Waals surface area contributed by atoms with Crippen molar-refractivity contribution in [1.82, 2.24) is 9.97 Å². The van der Waals surface area contributed by atoms with E-state index in [9.17, 15) is 0 Å². The Balaban J connectivity index is 1.87. The monoisotopic (exact) mass is 299 g/mol. The van der Waals surface area contributed by atoms with Gasteiger partial charge in [0.1, 0.15) is 0 Å². The molecule has 0 N–H and O–H groups in total. The lowest BCUT2D eigenvalue weighted by Crippen LogP contribution is -2.26. The highest BCUT2D eigenvalue weighted by atomic mass is 32.1. The molecule has 1 aromatic carbocycles. The third-order valence-corrected chi connectivity index (χ3v) is 4.31. The SMILES string of the molecule is COCCN(Cc1cccnc1)c1nc2ccccc2s1. The van der Waals surface area contributed by atoms with E-state index in [4.69, 9.17) is 9.72 Å². The zero-order valence-electron chi connectivity index (χ0n) is 11.9. The molecule has 0 aliphatic rings. The van der Waals surface area contributed by atoms with Gasteiger partial charge in [0.25, 0.3) is 0 Å². The maximum Gasteiger partial charge on any atom is 0.186 e. The van der Waals surface area contributed by atoms with Crippen LogP contribution < -0.4 is 4.90 Å². The molecule has 0 spiro atoms. The quantitative estimate of drug-likeness (QED) is 0.699. The summed E-state index contributed by atoms with van der Waals surface area (Å²) in [5.41, 5.74) is 2.22. The summed E-state index contributed by atoms with van der Waals surface area (Å²) < 4.78 is 6.43. The first-order valence-electron chi connectivity index (χ1n) is 6.85. The smallest absolute Gasteiger partial charge is 0.186 e. The number of hydrogen-bond donors (Lipinski definition) is 0. The van der Waals surface area contributed by atoms with Gasteiger partial charge in [0.2, 0.25) is 0 Å².